The average Bonchev–Trinajstić information content (AvgIpc) is 3.39. The summed E-state index contributed by atoms with van der Waals surface area (Å²) in [5, 5.41) is 2.97. The molecule has 3 aliphatic rings. The second kappa shape index (κ2) is 9.78. The minimum atomic E-state index is -0.729. The number of ether oxygens (including phenoxy) is 1. The van der Waals surface area contributed by atoms with Crippen LogP contribution in [-0.2, 0) is 14.3 Å². The molecule has 0 radical (unpaired) electrons. The number of piperidine rings is 1. The van der Waals surface area contributed by atoms with Crippen LogP contribution in [0.4, 0.5) is 0 Å². The van der Waals surface area contributed by atoms with Gasteiger partial charge in [0.05, 0.1) is 6.10 Å². The van der Waals surface area contributed by atoms with E-state index < -0.39 is 17.5 Å². The molecule has 0 bridgehead atoms. The highest BCUT2D eigenvalue weighted by atomic mass is 16.5. The second-order valence-electron chi connectivity index (χ2n) is 11.4. The first-order valence-corrected chi connectivity index (χ1v) is 12.7. The van der Waals surface area contributed by atoms with E-state index >= 15 is 0 Å². The number of fused-ring (bicyclic) bond motifs is 1. The molecule has 3 heterocycles. The largest absolute Gasteiger partial charge is 0.368 e. The van der Waals surface area contributed by atoms with E-state index in [1.165, 1.54) is 5.56 Å². The molecule has 3 atom stereocenters. The number of likely N-dealkylation sites (tertiary alicyclic amines) is 2. The van der Waals surface area contributed by atoms with Gasteiger partial charge in [-0.1, -0.05) is 32.9 Å². The first-order valence-electron chi connectivity index (χ1n) is 12.7. The lowest BCUT2D eigenvalue weighted by Gasteiger charge is -2.35. The molecular formula is C27H39N3O4. The predicted molar refractivity (Wildman–Crippen MR) is 131 cm³/mol. The molecule has 34 heavy (non-hydrogen) atoms. The second-order valence-corrected chi connectivity index (χ2v) is 11.4. The summed E-state index contributed by atoms with van der Waals surface area (Å²) in [6, 6.07) is 7.17. The number of amides is 2. The van der Waals surface area contributed by atoms with Gasteiger partial charge in [-0.15, -0.1) is 0 Å². The van der Waals surface area contributed by atoms with Crippen molar-refractivity contribution in [3.05, 3.63) is 35.4 Å². The third-order valence-electron chi connectivity index (χ3n) is 7.69. The number of Topliss-reactive ketones (excluding diaryl/α,β-unsaturated/α-hetero) is 1. The van der Waals surface area contributed by atoms with Gasteiger partial charge >= 0.3 is 0 Å². The van der Waals surface area contributed by atoms with Crippen LogP contribution < -0.4 is 5.32 Å². The molecule has 7 nitrogen and oxygen atoms in total. The number of hydrogen-bond donors (Lipinski definition) is 1. The van der Waals surface area contributed by atoms with Gasteiger partial charge in [-0.3, -0.25) is 14.4 Å². The highest BCUT2D eigenvalue weighted by Crippen LogP contribution is 2.31. The Morgan fingerprint density at radius 3 is 2.26 bits per heavy atom. The lowest BCUT2D eigenvalue weighted by Crippen LogP contribution is -2.57. The topological polar surface area (TPSA) is 79.0 Å². The van der Waals surface area contributed by atoms with Crippen molar-refractivity contribution in [2.24, 2.45) is 5.41 Å². The maximum Gasteiger partial charge on any atom is 0.251 e. The summed E-state index contributed by atoms with van der Waals surface area (Å²) in [5.41, 5.74) is 1.31. The quantitative estimate of drug-likeness (QED) is 0.717. The summed E-state index contributed by atoms with van der Waals surface area (Å²) < 4.78 is 5.53. The van der Waals surface area contributed by atoms with E-state index in [-0.39, 0.29) is 30.3 Å². The van der Waals surface area contributed by atoms with Crippen LogP contribution >= 0.6 is 0 Å². The van der Waals surface area contributed by atoms with Crippen molar-refractivity contribution >= 4 is 17.6 Å². The van der Waals surface area contributed by atoms with Crippen LogP contribution in [0, 0.1) is 5.41 Å². The fourth-order valence-electron chi connectivity index (χ4n) is 5.53. The summed E-state index contributed by atoms with van der Waals surface area (Å²) in [5.74, 6) is -0.00475. The molecular weight excluding hydrogens is 430 g/mol. The van der Waals surface area contributed by atoms with Crippen molar-refractivity contribution in [2.45, 2.75) is 84.0 Å². The van der Waals surface area contributed by atoms with Crippen molar-refractivity contribution in [1.82, 2.24) is 15.1 Å². The van der Waals surface area contributed by atoms with Gasteiger partial charge in [0.25, 0.3) is 5.91 Å². The lowest BCUT2D eigenvalue weighted by atomic mass is 9.85. The smallest absolute Gasteiger partial charge is 0.251 e. The number of benzene rings is 1. The Labute approximate surface area is 203 Å². The van der Waals surface area contributed by atoms with Gasteiger partial charge < -0.3 is 19.9 Å². The molecule has 1 unspecified atom stereocenters. The fraction of sp³-hybridized carbons (Fsp3) is 0.667. The molecule has 0 aliphatic carbocycles. The van der Waals surface area contributed by atoms with Gasteiger partial charge in [-0.05, 0) is 75.2 Å². The number of nitrogens with zero attached hydrogens (tertiary/aromatic N) is 2. The van der Waals surface area contributed by atoms with Crippen molar-refractivity contribution in [3.8, 4) is 0 Å². The zero-order chi connectivity index (χ0) is 24.6. The van der Waals surface area contributed by atoms with Gasteiger partial charge in [0.15, 0.2) is 5.78 Å². The Hall–Kier alpha value is -2.25. The zero-order valence-electron chi connectivity index (χ0n) is 21.2. The number of rotatable bonds is 5. The molecule has 3 fully saturated rings. The van der Waals surface area contributed by atoms with Crippen LogP contribution in [-0.4, -0.2) is 77.9 Å². The van der Waals surface area contributed by atoms with Gasteiger partial charge in [-0.25, -0.2) is 0 Å². The Balaban J connectivity index is 1.42. The van der Waals surface area contributed by atoms with Crippen molar-refractivity contribution in [1.29, 1.82) is 0 Å². The molecule has 0 spiro atoms. The highest BCUT2D eigenvalue weighted by Gasteiger charge is 2.49. The Morgan fingerprint density at radius 2 is 1.68 bits per heavy atom. The third-order valence-corrected chi connectivity index (χ3v) is 7.69. The maximum absolute atomic E-state index is 13.5. The fourth-order valence-corrected chi connectivity index (χ4v) is 5.53. The van der Waals surface area contributed by atoms with Crippen LogP contribution in [0.15, 0.2) is 24.3 Å². The molecule has 4 rings (SSSR count). The number of carbonyl (C=O) groups is 3. The minimum absolute atomic E-state index is 0.0512. The summed E-state index contributed by atoms with van der Waals surface area (Å²) in [6.07, 6.45) is 2.70. The van der Waals surface area contributed by atoms with Crippen LogP contribution in [0.5, 0.6) is 0 Å². The average molecular weight is 470 g/mol. The van der Waals surface area contributed by atoms with E-state index in [1.54, 1.807) is 4.90 Å². The Kier molecular flexibility index (Phi) is 7.15. The summed E-state index contributed by atoms with van der Waals surface area (Å²) in [7, 11) is 0. The van der Waals surface area contributed by atoms with Gasteiger partial charge in [-0.2, -0.15) is 0 Å². The molecule has 0 saturated carbocycles. The molecule has 1 aromatic carbocycles. The molecule has 3 aliphatic heterocycles. The van der Waals surface area contributed by atoms with E-state index in [0.717, 1.165) is 25.9 Å². The standard InChI is InChI=1S/C27H39N3O4/c1-17(2)29-13-10-19(11-14-29)18-6-8-20(9-7-18)25(32)28-24(27(3,4)5)26(33)30-15-12-22-23(30)21(31)16-34-22/h6-9,17,19,22-24H,10-16H2,1-5H3,(H,28,32)/t22-,23-,24?/m1/s1. The van der Waals surface area contributed by atoms with Crippen molar-refractivity contribution in [2.75, 3.05) is 26.2 Å². The summed E-state index contributed by atoms with van der Waals surface area (Å²) >= 11 is 0. The normalized spacial score (nSPS) is 25.0. The van der Waals surface area contributed by atoms with Gasteiger partial charge in [0.1, 0.15) is 18.7 Å². The highest BCUT2D eigenvalue weighted by molar-refractivity contribution is 5.99. The van der Waals surface area contributed by atoms with E-state index in [0.29, 0.717) is 30.5 Å². The lowest BCUT2D eigenvalue weighted by molar-refractivity contribution is -0.140. The molecule has 7 heteroatoms. The molecule has 2 amide bonds. The van der Waals surface area contributed by atoms with Crippen LogP contribution in [0.2, 0.25) is 0 Å². The molecule has 1 aromatic rings. The Bertz CT molecular complexity index is 913. The monoisotopic (exact) mass is 469 g/mol. The van der Waals surface area contributed by atoms with Crippen molar-refractivity contribution < 1.29 is 19.1 Å². The number of hydrogen-bond acceptors (Lipinski definition) is 5. The van der Waals surface area contributed by atoms with Gasteiger partial charge in [0.2, 0.25) is 5.91 Å². The Morgan fingerprint density at radius 1 is 1.03 bits per heavy atom. The van der Waals surface area contributed by atoms with Crippen molar-refractivity contribution in [3.63, 3.8) is 0 Å². The van der Waals surface area contributed by atoms with Gasteiger partial charge in [0, 0.05) is 18.2 Å². The first kappa shape index (κ1) is 24.9. The van der Waals surface area contributed by atoms with Crippen LogP contribution in [0.25, 0.3) is 0 Å². The van der Waals surface area contributed by atoms with E-state index in [4.69, 9.17) is 4.74 Å². The minimum Gasteiger partial charge on any atom is -0.368 e. The molecule has 3 saturated heterocycles. The molecule has 1 N–H and O–H groups in total. The zero-order valence-corrected chi connectivity index (χ0v) is 21.2. The molecule has 0 aromatic heterocycles. The summed E-state index contributed by atoms with van der Waals surface area (Å²) in [6.45, 7) is 13.0. The first-order chi connectivity index (χ1) is 16.1. The number of ketones is 1. The molecule has 186 valence electrons. The van der Waals surface area contributed by atoms with E-state index in [2.05, 4.69) is 36.2 Å². The van der Waals surface area contributed by atoms with E-state index in [1.807, 2.05) is 32.9 Å². The van der Waals surface area contributed by atoms with Crippen LogP contribution in [0.3, 0.4) is 0 Å². The summed E-state index contributed by atoms with van der Waals surface area (Å²) in [4.78, 5) is 43.0. The number of nitrogens with one attached hydrogen (secondary N) is 1. The third kappa shape index (κ3) is 5.05. The maximum atomic E-state index is 13.5. The number of carbonyl (C=O) groups excluding carboxylic acids is 3. The van der Waals surface area contributed by atoms with Crippen LogP contribution in [0.1, 0.15) is 75.7 Å². The SMILES string of the molecule is CC(C)N1CCC(c2ccc(C(=O)NC(C(=O)N3CC[C@H]4OCC(=O)[C@H]43)C(C)(C)C)cc2)CC1. The van der Waals surface area contributed by atoms with E-state index in [9.17, 15) is 14.4 Å². The predicted octanol–water partition coefficient (Wildman–Crippen LogP) is 2.99.